The number of hydrogen-bond acceptors (Lipinski definition) is 4. The molecule has 0 aromatic heterocycles. The smallest absolute Gasteiger partial charge is 0.246 e. The fourth-order valence-corrected chi connectivity index (χ4v) is 4.45. The van der Waals surface area contributed by atoms with Gasteiger partial charge in [-0.15, -0.1) is 0 Å². The average Bonchev–Trinajstić information content (AvgIpc) is 2.39. The number of benzene rings is 1. The van der Waals surface area contributed by atoms with Gasteiger partial charge in [0.15, 0.2) is 0 Å². The lowest BCUT2D eigenvalue weighted by Gasteiger charge is -2.34. The Kier molecular flexibility index (Phi) is 4.89. The molecule has 2 atom stereocenters. The van der Waals surface area contributed by atoms with Crippen LogP contribution in [0, 0.1) is 5.82 Å². The third kappa shape index (κ3) is 3.37. The van der Waals surface area contributed by atoms with E-state index in [1.165, 1.54) is 10.4 Å². The Morgan fingerprint density at radius 3 is 2.48 bits per heavy atom. The maximum absolute atomic E-state index is 14.3. The summed E-state index contributed by atoms with van der Waals surface area (Å²) in [5.74, 6) is -0.839. The van der Waals surface area contributed by atoms with Crippen molar-refractivity contribution >= 4 is 21.6 Å². The van der Waals surface area contributed by atoms with Crippen LogP contribution in [0.2, 0.25) is 5.02 Å². The highest BCUT2D eigenvalue weighted by molar-refractivity contribution is 7.89. The lowest BCUT2D eigenvalue weighted by Crippen LogP contribution is -2.48. The lowest BCUT2D eigenvalue weighted by molar-refractivity contribution is -0.0441. The summed E-state index contributed by atoms with van der Waals surface area (Å²) < 4.78 is 46.3. The number of hydrogen-bond donors (Lipinski definition) is 1. The van der Waals surface area contributed by atoms with E-state index in [9.17, 15) is 12.8 Å². The largest absolute Gasteiger partial charge is 0.373 e. The average molecular weight is 337 g/mol. The summed E-state index contributed by atoms with van der Waals surface area (Å²) in [6, 6.07) is 2.46. The van der Waals surface area contributed by atoms with Crippen molar-refractivity contribution in [2.24, 2.45) is 5.73 Å². The first kappa shape index (κ1) is 16.6. The van der Waals surface area contributed by atoms with E-state index in [0.29, 0.717) is 0 Å². The fraction of sp³-hybridized carbons (Fsp3) is 0.538. The van der Waals surface area contributed by atoms with Gasteiger partial charge in [0.05, 0.1) is 12.2 Å². The van der Waals surface area contributed by atoms with Crippen LogP contribution in [0.25, 0.3) is 0 Å². The molecule has 2 unspecified atom stereocenters. The second-order valence-corrected chi connectivity index (χ2v) is 7.50. The van der Waals surface area contributed by atoms with Crippen molar-refractivity contribution in [3.63, 3.8) is 0 Å². The van der Waals surface area contributed by atoms with E-state index in [4.69, 9.17) is 22.1 Å². The Balaban J connectivity index is 2.47. The first-order valence-corrected chi connectivity index (χ1v) is 8.41. The molecule has 21 heavy (non-hydrogen) atoms. The van der Waals surface area contributed by atoms with Crippen LogP contribution in [0.4, 0.5) is 4.39 Å². The second kappa shape index (κ2) is 6.18. The molecule has 5 nitrogen and oxygen atoms in total. The van der Waals surface area contributed by atoms with Crippen LogP contribution in [0.5, 0.6) is 0 Å². The zero-order valence-electron chi connectivity index (χ0n) is 11.8. The van der Waals surface area contributed by atoms with Crippen molar-refractivity contribution in [2.45, 2.75) is 37.5 Å². The molecule has 118 valence electrons. The first-order valence-electron chi connectivity index (χ1n) is 6.59. The summed E-state index contributed by atoms with van der Waals surface area (Å²) >= 11 is 5.87. The number of sulfonamides is 1. The van der Waals surface area contributed by atoms with Crippen molar-refractivity contribution in [1.29, 1.82) is 0 Å². The van der Waals surface area contributed by atoms with Gasteiger partial charge in [0, 0.05) is 30.2 Å². The van der Waals surface area contributed by atoms with Crippen LogP contribution in [0.15, 0.2) is 17.0 Å². The van der Waals surface area contributed by atoms with Gasteiger partial charge in [-0.3, -0.25) is 0 Å². The van der Waals surface area contributed by atoms with Crippen LogP contribution in [0.3, 0.4) is 0 Å². The minimum Gasteiger partial charge on any atom is -0.373 e. The molecule has 1 aromatic carbocycles. The molecule has 1 heterocycles. The van der Waals surface area contributed by atoms with Gasteiger partial charge in [-0.1, -0.05) is 11.6 Å². The Morgan fingerprint density at radius 1 is 1.38 bits per heavy atom. The molecule has 1 aliphatic heterocycles. The predicted octanol–water partition coefficient (Wildman–Crippen LogP) is 1.74. The molecule has 1 saturated heterocycles. The summed E-state index contributed by atoms with van der Waals surface area (Å²) in [4.78, 5) is -0.434. The monoisotopic (exact) mass is 336 g/mol. The van der Waals surface area contributed by atoms with Crippen molar-refractivity contribution in [3.8, 4) is 0 Å². The predicted molar refractivity (Wildman–Crippen MR) is 78.1 cm³/mol. The first-order chi connectivity index (χ1) is 9.75. The minimum absolute atomic E-state index is 0.0791. The van der Waals surface area contributed by atoms with Crippen LogP contribution >= 0.6 is 11.6 Å². The van der Waals surface area contributed by atoms with Crippen molar-refractivity contribution in [3.05, 3.63) is 28.5 Å². The molecule has 1 fully saturated rings. The van der Waals surface area contributed by atoms with Gasteiger partial charge in [-0.25, -0.2) is 12.8 Å². The number of ether oxygens (including phenoxy) is 1. The molecule has 0 amide bonds. The fourth-order valence-electron chi connectivity index (χ4n) is 2.42. The Hall–Kier alpha value is -0.730. The van der Waals surface area contributed by atoms with Gasteiger partial charge in [0.1, 0.15) is 10.7 Å². The normalized spacial score (nSPS) is 24.2. The van der Waals surface area contributed by atoms with Crippen LogP contribution in [-0.4, -0.2) is 38.0 Å². The summed E-state index contributed by atoms with van der Waals surface area (Å²) in [7, 11) is -3.98. The maximum atomic E-state index is 14.3. The molecule has 0 bridgehead atoms. The van der Waals surface area contributed by atoms with Crippen LogP contribution in [-0.2, 0) is 21.3 Å². The third-order valence-corrected chi connectivity index (χ3v) is 5.35. The third-order valence-electron chi connectivity index (χ3n) is 3.30. The molecule has 8 heteroatoms. The molecular weight excluding hydrogens is 319 g/mol. The van der Waals surface area contributed by atoms with E-state index in [2.05, 4.69) is 0 Å². The number of morpholine rings is 1. The molecule has 2 rings (SSSR count). The zero-order valence-corrected chi connectivity index (χ0v) is 13.4. The van der Waals surface area contributed by atoms with E-state index in [0.717, 1.165) is 6.07 Å². The number of rotatable bonds is 3. The van der Waals surface area contributed by atoms with E-state index < -0.39 is 20.7 Å². The van der Waals surface area contributed by atoms with E-state index in [1.807, 2.05) is 0 Å². The Bertz CT molecular complexity index is 629. The molecule has 0 aliphatic carbocycles. The molecule has 0 saturated carbocycles. The number of nitrogens with two attached hydrogens (primary N) is 1. The van der Waals surface area contributed by atoms with Gasteiger partial charge >= 0.3 is 0 Å². The summed E-state index contributed by atoms with van der Waals surface area (Å²) in [6.07, 6.45) is -0.500. The van der Waals surface area contributed by atoms with Gasteiger partial charge in [0.25, 0.3) is 0 Å². The Morgan fingerprint density at radius 2 is 1.95 bits per heavy atom. The minimum atomic E-state index is -3.98. The Labute approximate surface area is 128 Å². The summed E-state index contributed by atoms with van der Waals surface area (Å²) in [6.45, 7) is 3.79. The highest BCUT2D eigenvalue weighted by Crippen LogP contribution is 2.28. The van der Waals surface area contributed by atoms with Crippen LogP contribution < -0.4 is 5.73 Å². The number of nitrogens with zero attached hydrogens (tertiary/aromatic N) is 1. The molecule has 1 aliphatic rings. The topological polar surface area (TPSA) is 72.6 Å². The highest BCUT2D eigenvalue weighted by Gasteiger charge is 2.34. The maximum Gasteiger partial charge on any atom is 0.246 e. The summed E-state index contributed by atoms with van der Waals surface area (Å²) in [5.41, 5.74) is 5.51. The van der Waals surface area contributed by atoms with Crippen molar-refractivity contribution in [2.75, 3.05) is 13.1 Å². The van der Waals surface area contributed by atoms with E-state index in [1.54, 1.807) is 13.8 Å². The van der Waals surface area contributed by atoms with Gasteiger partial charge in [-0.2, -0.15) is 4.31 Å². The van der Waals surface area contributed by atoms with Gasteiger partial charge < -0.3 is 10.5 Å². The van der Waals surface area contributed by atoms with E-state index in [-0.39, 0.29) is 42.4 Å². The summed E-state index contributed by atoms with van der Waals surface area (Å²) in [5, 5.41) is 0.143. The quantitative estimate of drug-likeness (QED) is 0.912. The number of halogens is 2. The van der Waals surface area contributed by atoms with Crippen LogP contribution in [0.1, 0.15) is 19.4 Å². The standard InChI is InChI=1S/C13H18ClFN2O3S/c1-8-6-17(7-9(2)20-8)21(18,19)12-4-11(14)3-10(5-16)13(12)15/h3-4,8-9H,5-7,16H2,1-2H3. The van der Waals surface area contributed by atoms with Gasteiger partial charge in [-0.05, 0) is 26.0 Å². The zero-order chi connectivity index (χ0) is 15.8. The molecule has 0 radical (unpaired) electrons. The molecule has 1 aromatic rings. The van der Waals surface area contributed by atoms with Gasteiger partial charge in [0.2, 0.25) is 10.0 Å². The second-order valence-electron chi connectivity index (χ2n) is 5.16. The highest BCUT2D eigenvalue weighted by atomic mass is 35.5. The van der Waals surface area contributed by atoms with E-state index >= 15 is 0 Å². The molecule has 0 spiro atoms. The van der Waals surface area contributed by atoms with Crippen molar-refractivity contribution < 1.29 is 17.5 Å². The van der Waals surface area contributed by atoms with Crippen molar-refractivity contribution in [1.82, 2.24) is 4.31 Å². The SMILES string of the molecule is CC1CN(S(=O)(=O)c2cc(Cl)cc(CN)c2F)CC(C)O1. The molecular formula is C13H18ClFN2O3S. The molecule has 2 N–H and O–H groups in total. The lowest BCUT2D eigenvalue weighted by atomic mass is 10.2.